The van der Waals surface area contributed by atoms with E-state index < -0.39 is 0 Å². The predicted octanol–water partition coefficient (Wildman–Crippen LogP) is 1.75. The first kappa shape index (κ1) is 15.9. The van der Waals surface area contributed by atoms with Crippen LogP contribution in [0.25, 0.3) is 0 Å². The molecule has 1 saturated carbocycles. The fourth-order valence-corrected chi connectivity index (χ4v) is 3.88. The summed E-state index contributed by atoms with van der Waals surface area (Å²) < 4.78 is 5.30. The summed E-state index contributed by atoms with van der Waals surface area (Å²) in [6.45, 7) is 0.500. The van der Waals surface area contributed by atoms with Crippen molar-refractivity contribution in [2.75, 3.05) is 23.8 Å². The number of anilines is 2. The zero-order chi connectivity index (χ0) is 17.4. The van der Waals surface area contributed by atoms with Crippen molar-refractivity contribution in [2.45, 2.75) is 38.1 Å². The maximum atomic E-state index is 12.5. The third-order valence-corrected chi connectivity index (χ3v) is 5.17. The van der Waals surface area contributed by atoms with Gasteiger partial charge in [-0.3, -0.25) is 14.4 Å². The van der Waals surface area contributed by atoms with Crippen molar-refractivity contribution < 1.29 is 19.1 Å². The number of rotatable bonds is 3. The minimum Gasteiger partial charge on any atom is -0.482 e. The summed E-state index contributed by atoms with van der Waals surface area (Å²) in [6, 6.07) is 5.44. The summed E-state index contributed by atoms with van der Waals surface area (Å²) >= 11 is 0. The Bertz CT molecular complexity index is 727. The Balaban J connectivity index is 1.41. The van der Waals surface area contributed by atoms with E-state index in [1.807, 2.05) is 4.90 Å². The fourth-order valence-electron chi connectivity index (χ4n) is 3.88. The summed E-state index contributed by atoms with van der Waals surface area (Å²) in [5.74, 6) is -0.0318. The van der Waals surface area contributed by atoms with Crippen LogP contribution in [0.2, 0.25) is 0 Å². The molecule has 0 radical (unpaired) electrons. The van der Waals surface area contributed by atoms with Gasteiger partial charge in [-0.15, -0.1) is 0 Å². The Morgan fingerprint density at radius 3 is 2.84 bits per heavy atom. The van der Waals surface area contributed by atoms with Crippen molar-refractivity contribution in [3.63, 3.8) is 0 Å². The first-order valence-electron chi connectivity index (χ1n) is 8.77. The summed E-state index contributed by atoms with van der Waals surface area (Å²) in [4.78, 5) is 38.1. The number of nitrogens with one attached hydrogen (secondary N) is 2. The second-order valence-corrected chi connectivity index (χ2v) is 6.92. The molecular weight excluding hydrogens is 322 g/mol. The minimum absolute atomic E-state index is 0.000106. The van der Waals surface area contributed by atoms with Gasteiger partial charge < -0.3 is 20.3 Å². The molecule has 2 fully saturated rings. The summed E-state index contributed by atoms with van der Waals surface area (Å²) in [6.07, 6.45) is 4.69. The van der Waals surface area contributed by atoms with Crippen molar-refractivity contribution in [1.82, 2.24) is 4.90 Å². The van der Waals surface area contributed by atoms with E-state index in [-0.39, 0.29) is 36.7 Å². The van der Waals surface area contributed by atoms with Crippen molar-refractivity contribution in [2.24, 2.45) is 5.92 Å². The van der Waals surface area contributed by atoms with Gasteiger partial charge in [-0.05, 0) is 31.0 Å². The number of likely N-dealkylation sites (tertiary alicyclic amines) is 1. The third kappa shape index (κ3) is 3.18. The molecule has 0 aromatic heterocycles. The molecule has 7 nitrogen and oxygen atoms in total. The second-order valence-electron chi connectivity index (χ2n) is 6.92. The molecule has 25 heavy (non-hydrogen) atoms. The molecule has 7 heteroatoms. The third-order valence-electron chi connectivity index (χ3n) is 5.17. The van der Waals surface area contributed by atoms with E-state index in [4.69, 9.17) is 4.74 Å². The molecule has 0 bridgehead atoms. The van der Waals surface area contributed by atoms with Gasteiger partial charge in [0.05, 0.1) is 11.6 Å². The molecule has 1 unspecified atom stereocenters. The van der Waals surface area contributed by atoms with Crippen LogP contribution in [-0.4, -0.2) is 41.8 Å². The van der Waals surface area contributed by atoms with Crippen LogP contribution in [0.5, 0.6) is 5.75 Å². The number of nitrogens with zero attached hydrogens (tertiary/aromatic N) is 1. The number of ether oxygens (including phenoxy) is 1. The number of carbonyl (C=O) groups is 3. The number of carbonyl (C=O) groups excluding carboxylic acids is 3. The number of hydrogen-bond donors (Lipinski definition) is 2. The molecule has 1 atom stereocenters. The Morgan fingerprint density at radius 2 is 2.04 bits per heavy atom. The number of benzene rings is 1. The molecule has 1 saturated heterocycles. The first-order valence-corrected chi connectivity index (χ1v) is 8.77. The fraction of sp³-hybridized carbons (Fsp3) is 0.500. The molecular formula is C18H21N3O4. The van der Waals surface area contributed by atoms with E-state index >= 15 is 0 Å². The molecule has 3 amide bonds. The molecule has 2 N–H and O–H groups in total. The summed E-state index contributed by atoms with van der Waals surface area (Å²) in [5, 5.41) is 5.57. The maximum absolute atomic E-state index is 12.5. The van der Waals surface area contributed by atoms with Crippen molar-refractivity contribution >= 4 is 29.1 Å². The van der Waals surface area contributed by atoms with Crippen LogP contribution in [0.4, 0.5) is 11.4 Å². The van der Waals surface area contributed by atoms with Gasteiger partial charge in [-0.2, -0.15) is 0 Å². The normalized spacial score (nSPS) is 23.2. The summed E-state index contributed by atoms with van der Waals surface area (Å²) in [7, 11) is 0. The van der Waals surface area contributed by atoms with Crippen molar-refractivity contribution in [3.8, 4) is 5.75 Å². The predicted molar refractivity (Wildman–Crippen MR) is 91.3 cm³/mol. The monoisotopic (exact) mass is 343 g/mol. The molecule has 1 aromatic rings. The Hall–Kier alpha value is -2.57. The van der Waals surface area contributed by atoms with Crippen molar-refractivity contribution in [3.05, 3.63) is 18.2 Å². The highest BCUT2D eigenvalue weighted by Gasteiger charge is 2.38. The number of amides is 3. The highest BCUT2D eigenvalue weighted by atomic mass is 16.5. The highest BCUT2D eigenvalue weighted by molar-refractivity contribution is 5.99. The quantitative estimate of drug-likeness (QED) is 0.875. The van der Waals surface area contributed by atoms with Gasteiger partial charge in [-0.1, -0.05) is 12.8 Å². The van der Waals surface area contributed by atoms with Gasteiger partial charge in [0.1, 0.15) is 5.75 Å². The van der Waals surface area contributed by atoms with Crippen LogP contribution in [0.15, 0.2) is 18.2 Å². The highest BCUT2D eigenvalue weighted by Crippen LogP contribution is 2.32. The number of fused-ring (bicyclic) bond motifs is 1. The Morgan fingerprint density at radius 1 is 1.24 bits per heavy atom. The Labute approximate surface area is 145 Å². The van der Waals surface area contributed by atoms with Crippen molar-refractivity contribution in [1.29, 1.82) is 0 Å². The second kappa shape index (κ2) is 6.38. The van der Waals surface area contributed by atoms with Crippen LogP contribution >= 0.6 is 0 Å². The van der Waals surface area contributed by atoms with Gasteiger partial charge in [0.25, 0.3) is 5.91 Å². The molecule has 3 aliphatic rings. The SMILES string of the molecule is O=C1COc2ccc(NC(=O)C3CC(=O)N(C4CCCC4)C3)cc2N1. The van der Waals surface area contributed by atoms with E-state index in [1.54, 1.807) is 18.2 Å². The van der Waals surface area contributed by atoms with E-state index in [9.17, 15) is 14.4 Å². The lowest BCUT2D eigenvalue weighted by Gasteiger charge is -2.24. The number of hydrogen-bond acceptors (Lipinski definition) is 4. The van der Waals surface area contributed by atoms with Crippen LogP contribution in [0.1, 0.15) is 32.1 Å². The molecule has 0 spiro atoms. The van der Waals surface area contributed by atoms with E-state index in [2.05, 4.69) is 10.6 Å². The standard InChI is InChI=1S/C18H21N3O4/c22-16-10-25-15-6-5-12(8-14(15)20-16)19-18(24)11-7-17(23)21(9-11)13-3-1-2-4-13/h5-6,8,11,13H,1-4,7,9-10H2,(H,19,24)(H,20,22). The summed E-state index contributed by atoms with van der Waals surface area (Å²) in [5.41, 5.74) is 1.13. The topological polar surface area (TPSA) is 87.7 Å². The lowest BCUT2D eigenvalue weighted by Crippen LogP contribution is -2.35. The van der Waals surface area contributed by atoms with E-state index in [1.165, 1.54) is 0 Å². The first-order chi connectivity index (χ1) is 12.1. The average molecular weight is 343 g/mol. The molecule has 132 valence electrons. The zero-order valence-electron chi connectivity index (χ0n) is 13.9. The van der Waals surface area contributed by atoms with Gasteiger partial charge in [0, 0.05) is 24.7 Å². The van der Waals surface area contributed by atoms with Gasteiger partial charge in [0.2, 0.25) is 11.8 Å². The lowest BCUT2D eigenvalue weighted by atomic mass is 10.1. The molecule has 2 aliphatic heterocycles. The Kier molecular flexibility index (Phi) is 4.07. The van der Waals surface area contributed by atoms with Gasteiger partial charge in [0.15, 0.2) is 6.61 Å². The minimum atomic E-state index is -0.324. The van der Waals surface area contributed by atoms with Gasteiger partial charge >= 0.3 is 0 Å². The molecule has 1 aromatic carbocycles. The van der Waals surface area contributed by atoms with E-state index in [0.29, 0.717) is 29.7 Å². The zero-order valence-corrected chi connectivity index (χ0v) is 13.9. The molecule has 1 aliphatic carbocycles. The van der Waals surface area contributed by atoms with Crippen LogP contribution < -0.4 is 15.4 Å². The molecule has 2 heterocycles. The lowest BCUT2D eigenvalue weighted by molar-refractivity contribution is -0.130. The van der Waals surface area contributed by atoms with E-state index in [0.717, 1.165) is 25.7 Å². The smallest absolute Gasteiger partial charge is 0.262 e. The van der Waals surface area contributed by atoms with Crippen LogP contribution in [0, 0.1) is 5.92 Å². The largest absolute Gasteiger partial charge is 0.482 e. The maximum Gasteiger partial charge on any atom is 0.262 e. The van der Waals surface area contributed by atoms with Crippen LogP contribution in [0.3, 0.4) is 0 Å². The van der Waals surface area contributed by atoms with Gasteiger partial charge in [-0.25, -0.2) is 0 Å². The molecule has 4 rings (SSSR count). The average Bonchev–Trinajstić information content (AvgIpc) is 3.23. The van der Waals surface area contributed by atoms with Crippen LogP contribution in [-0.2, 0) is 14.4 Å².